The van der Waals surface area contributed by atoms with Crippen LogP contribution in [-0.4, -0.2) is 17.5 Å². The summed E-state index contributed by atoms with van der Waals surface area (Å²) in [4.78, 5) is 10.3. The molecule has 1 amide bonds. The zero-order valence-corrected chi connectivity index (χ0v) is 7.42. The summed E-state index contributed by atoms with van der Waals surface area (Å²) in [5.74, 6) is 0. The maximum Gasteiger partial charge on any atom is 1.00 e. The molecule has 9 heavy (non-hydrogen) atoms. The van der Waals surface area contributed by atoms with Crippen LogP contribution < -0.4 is 34.7 Å². The molecule has 0 aliphatic heterocycles. The summed E-state index contributed by atoms with van der Waals surface area (Å²) < 4.78 is 0. The Morgan fingerprint density at radius 2 is 2.33 bits per heavy atom. The third-order valence-corrected chi connectivity index (χ3v) is 0.657. The third-order valence-electron chi connectivity index (χ3n) is 0.657. The second-order valence-corrected chi connectivity index (χ2v) is 1.11. The van der Waals surface area contributed by atoms with Gasteiger partial charge in [0.05, 0.1) is 0 Å². The first-order chi connectivity index (χ1) is 3.72. The van der Waals surface area contributed by atoms with Gasteiger partial charge in [-0.25, -0.2) is 0 Å². The standard InChI is InChI=1S/C4H6N2O2.Na/c1-2-6(3-5)4(7)8;/h2H2,1H3,(H,7,8);/q;+1/p-1. The van der Waals surface area contributed by atoms with Crippen LogP contribution in [0.15, 0.2) is 0 Å². The zero-order valence-electron chi connectivity index (χ0n) is 5.42. The molecule has 0 aliphatic carbocycles. The molecule has 4 nitrogen and oxygen atoms in total. The van der Waals surface area contributed by atoms with Crippen molar-refractivity contribution in [2.45, 2.75) is 6.92 Å². The first-order valence-electron chi connectivity index (χ1n) is 2.10. The van der Waals surface area contributed by atoms with Gasteiger partial charge in [-0.1, -0.05) is 0 Å². The van der Waals surface area contributed by atoms with Crippen molar-refractivity contribution in [2.75, 3.05) is 6.54 Å². The van der Waals surface area contributed by atoms with Crippen molar-refractivity contribution in [3.8, 4) is 6.19 Å². The van der Waals surface area contributed by atoms with E-state index in [9.17, 15) is 9.90 Å². The molecule has 5 heteroatoms. The molecule has 0 N–H and O–H groups in total. The smallest absolute Gasteiger partial charge is 0.529 e. The van der Waals surface area contributed by atoms with Crippen molar-refractivity contribution in [1.29, 1.82) is 5.26 Å². The number of carboxylic acid groups (broad SMARTS) is 1. The van der Waals surface area contributed by atoms with E-state index in [-0.39, 0.29) is 36.1 Å². The van der Waals surface area contributed by atoms with Gasteiger partial charge in [0.15, 0.2) is 12.3 Å². The SMILES string of the molecule is CCN(C#N)C(=O)[O-].[Na+]. The molecular formula is C4H5N2NaO2. The van der Waals surface area contributed by atoms with Crippen LogP contribution in [0.4, 0.5) is 4.79 Å². The Morgan fingerprint density at radius 3 is 2.33 bits per heavy atom. The number of nitriles is 1. The van der Waals surface area contributed by atoms with Crippen molar-refractivity contribution >= 4 is 6.09 Å². The maximum atomic E-state index is 9.75. The Bertz CT molecular complexity index is 131. The normalized spacial score (nSPS) is 6.67. The quantitative estimate of drug-likeness (QED) is 0.210. The molecule has 0 saturated heterocycles. The molecule has 0 unspecified atom stereocenters. The Balaban J connectivity index is 0. The first-order valence-corrected chi connectivity index (χ1v) is 2.10. The average Bonchev–Trinajstić information content (AvgIpc) is 1.69. The minimum Gasteiger partial charge on any atom is -0.529 e. The van der Waals surface area contributed by atoms with Gasteiger partial charge in [-0.3, -0.25) is 4.90 Å². The van der Waals surface area contributed by atoms with Gasteiger partial charge in [-0.2, -0.15) is 5.26 Å². The number of carbonyl (C=O) groups excluding carboxylic acids is 1. The van der Waals surface area contributed by atoms with E-state index in [0.717, 1.165) is 0 Å². The summed E-state index contributed by atoms with van der Waals surface area (Å²) in [7, 11) is 0. The van der Waals surface area contributed by atoms with E-state index in [0.29, 0.717) is 4.90 Å². The van der Waals surface area contributed by atoms with Gasteiger partial charge >= 0.3 is 29.6 Å². The predicted molar refractivity (Wildman–Crippen MR) is 23.4 cm³/mol. The minimum absolute atomic E-state index is 0. The maximum absolute atomic E-state index is 9.75. The molecule has 0 aromatic carbocycles. The molecule has 0 saturated carbocycles. The van der Waals surface area contributed by atoms with E-state index in [4.69, 9.17) is 5.26 Å². The van der Waals surface area contributed by atoms with E-state index < -0.39 is 6.09 Å². The monoisotopic (exact) mass is 136 g/mol. The predicted octanol–water partition coefficient (Wildman–Crippen LogP) is -3.86. The van der Waals surface area contributed by atoms with E-state index in [1.165, 1.54) is 6.19 Å². The minimum atomic E-state index is -1.45. The number of hydrogen-bond donors (Lipinski definition) is 0. The molecule has 0 radical (unpaired) electrons. The van der Waals surface area contributed by atoms with Gasteiger partial charge in [0.2, 0.25) is 0 Å². The number of hydrogen-bond acceptors (Lipinski definition) is 3. The molecule has 0 spiro atoms. The molecule has 0 bridgehead atoms. The molecule has 0 aromatic heterocycles. The fourth-order valence-electron chi connectivity index (χ4n) is 0.241. The Morgan fingerprint density at radius 1 is 1.89 bits per heavy atom. The van der Waals surface area contributed by atoms with Crippen molar-refractivity contribution in [3.63, 3.8) is 0 Å². The Kier molecular flexibility index (Phi) is 7.55. The molecule has 0 aromatic rings. The second-order valence-electron chi connectivity index (χ2n) is 1.11. The van der Waals surface area contributed by atoms with Crippen molar-refractivity contribution in [2.24, 2.45) is 0 Å². The van der Waals surface area contributed by atoms with Crippen molar-refractivity contribution in [1.82, 2.24) is 4.90 Å². The summed E-state index contributed by atoms with van der Waals surface area (Å²) in [5.41, 5.74) is 0. The van der Waals surface area contributed by atoms with E-state index in [1.54, 1.807) is 6.92 Å². The fraction of sp³-hybridized carbons (Fsp3) is 0.500. The Hall–Kier alpha value is -0.240. The van der Waals surface area contributed by atoms with Crippen LogP contribution in [-0.2, 0) is 0 Å². The van der Waals surface area contributed by atoms with Crippen LogP contribution in [0.3, 0.4) is 0 Å². The molecule has 0 aliphatic rings. The van der Waals surface area contributed by atoms with Gasteiger partial charge in [0.25, 0.3) is 0 Å². The zero-order chi connectivity index (χ0) is 6.57. The molecule has 0 heterocycles. The fourth-order valence-corrected chi connectivity index (χ4v) is 0.241. The molecule has 0 rings (SSSR count). The Labute approximate surface area is 75.4 Å². The van der Waals surface area contributed by atoms with Gasteiger partial charge < -0.3 is 9.90 Å². The van der Waals surface area contributed by atoms with Gasteiger partial charge in [-0.05, 0) is 6.92 Å². The summed E-state index contributed by atoms with van der Waals surface area (Å²) in [6, 6.07) is 0. The van der Waals surface area contributed by atoms with Gasteiger partial charge in [0, 0.05) is 6.54 Å². The first kappa shape index (κ1) is 11.5. The second kappa shape index (κ2) is 5.89. The van der Waals surface area contributed by atoms with Crippen LogP contribution in [0.2, 0.25) is 0 Å². The molecular weight excluding hydrogens is 131 g/mol. The van der Waals surface area contributed by atoms with E-state index in [1.807, 2.05) is 0 Å². The van der Waals surface area contributed by atoms with E-state index in [2.05, 4.69) is 0 Å². The summed E-state index contributed by atoms with van der Waals surface area (Å²) in [6.45, 7) is 1.71. The average molecular weight is 136 g/mol. The van der Waals surface area contributed by atoms with Crippen LogP contribution in [0, 0.1) is 11.5 Å². The summed E-state index contributed by atoms with van der Waals surface area (Å²) in [6.07, 6.45) is -0.0266. The molecule has 0 atom stereocenters. The number of carbonyl (C=O) groups is 1. The third kappa shape index (κ3) is 4.28. The van der Waals surface area contributed by atoms with Crippen LogP contribution in [0.25, 0.3) is 0 Å². The number of nitrogens with zero attached hydrogens (tertiary/aromatic N) is 2. The molecule has 44 valence electrons. The summed E-state index contributed by atoms with van der Waals surface area (Å²) in [5, 5.41) is 17.7. The largest absolute Gasteiger partial charge is 1.00 e. The van der Waals surface area contributed by atoms with Crippen molar-refractivity contribution in [3.05, 3.63) is 0 Å². The topological polar surface area (TPSA) is 67.2 Å². The van der Waals surface area contributed by atoms with Gasteiger partial charge in [0.1, 0.15) is 0 Å². The summed E-state index contributed by atoms with van der Waals surface area (Å²) >= 11 is 0. The van der Waals surface area contributed by atoms with Crippen molar-refractivity contribution < 1.29 is 39.5 Å². The number of rotatable bonds is 1. The number of amides is 1. The van der Waals surface area contributed by atoms with Gasteiger partial charge in [-0.15, -0.1) is 0 Å². The van der Waals surface area contributed by atoms with Crippen LogP contribution in [0.5, 0.6) is 0 Å². The van der Waals surface area contributed by atoms with E-state index >= 15 is 0 Å². The van der Waals surface area contributed by atoms with Crippen LogP contribution >= 0.6 is 0 Å². The van der Waals surface area contributed by atoms with Crippen LogP contribution in [0.1, 0.15) is 6.92 Å². The molecule has 0 fully saturated rings.